The van der Waals surface area contributed by atoms with Crippen molar-refractivity contribution < 1.29 is 9.53 Å². The predicted octanol–water partition coefficient (Wildman–Crippen LogP) is 0.437. The molecule has 1 aromatic rings. The standard InChI is InChI=1S/C11H16N4O2/c1-12-9(16)8-13-10-11(4-2-3-5-11)17-7-6-15(10)14-8/h2-7H2,1H3,(H,12,16). The number of fused-ring (bicyclic) bond motifs is 2. The second-order valence-corrected chi connectivity index (χ2v) is 4.61. The second kappa shape index (κ2) is 3.80. The molecular formula is C11H16N4O2. The largest absolute Gasteiger partial charge is 0.365 e. The molecule has 1 spiro atoms. The van der Waals surface area contributed by atoms with Gasteiger partial charge in [0.15, 0.2) is 5.82 Å². The summed E-state index contributed by atoms with van der Waals surface area (Å²) in [6, 6.07) is 0. The molecule has 2 aliphatic rings. The van der Waals surface area contributed by atoms with E-state index in [4.69, 9.17) is 4.74 Å². The Morgan fingerprint density at radius 3 is 2.94 bits per heavy atom. The van der Waals surface area contributed by atoms with Gasteiger partial charge in [-0.15, -0.1) is 5.10 Å². The molecule has 1 amide bonds. The normalized spacial score (nSPS) is 21.5. The highest BCUT2D eigenvalue weighted by Crippen LogP contribution is 2.42. The Balaban J connectivity index is 2.02. The van der Waals surface area contributed by atoms with E-state index in [1.165, 1.54) is 0 Å². The zero-order valence-corrected chi connectivity index (χ0v) is 9.90. The van der Waals surface area contributed by atoms with Gasteiger partial charge in [-0.1, -0.05) is 0 Å². The molecule has 1 saturated carbocycles. The number of rotatable bonds is 1. The van der Waals surface area contributed by atoms with E-state index in [1.807, 2.05) is 4.68 Å². The van der Waals surface area contributed by atoms with Gasteiger partial charge in [-0.25, -0.2) is 9.67 Å². The summed E-state index contributed by atoms with van der Waals surface area (Å²) in [6.07, 6.45) is 4.28. The minimum atomic E-state index is -0.280. The first-order valence-electron chi connectivity index (χ1n) is 6.06. The van der Waals surface area contributed by atoms with Crippen molar-refractivity contribution in [1.29, 1.82) is 0 Å². The first-order valence-corrected chi connectivity index (χ1v) is 6.06. The topological polar surface area (TPSA) is 69.0 Å². The number of ether oxygens (including phenoxy) is 1. The first-order chi connectivity index (χ1) is 8.25. The Bertz CT molecular complexity index is 448. The van der Waals surface area contributed by atoms with E-state index in [1.54, 1.807) is 7.05 Å². The Morgan fingerprint density at radius 1 is 1.47 bits per heavy atom. The molecule has 1 aliphatic heterocycles. The van der Waals surface area contributed by atoms with Gasteiger partial charge in [0.2, 0.25) is 5.82 Å². The third-order valence-corrected chi connectivity index (χ3v) is 3.60. The quantitative estimate of drug-likeness (QED) is 0.768. The van der Waals surface area contributed by atoms with Crippen molar-refractivity contribution in [1.82, 2.24) is 20.1 Å². The Labute approximate surface area is 99.4 Å². The number of amides is 1. The molecule has 17 heavy (non-hydrogen) atoms. The van der Waals surface area contributed by atoms with Crippen LogP contribution in [0.3, 0.4) is 0 Å². The van der Waals surface area contributed by atoms with Crippen LogP contribution < -0.4 is 5.32 Å². The van der Waals surface area contributed by atoms with E-state index in [2.05, 4.69) is 15.4 Å². The summed E-state index contributed by atoms with van der Waals surface area (Å²) in [4.78, 5) is 15.9. The van der Waals surface area contributed by atoms with Crippen molar-refractivity contribution in [3.63, 3.8) is 0 Å². The molecule has 0 radical (unpaired) electrons. The maximum Gasteiger partial charge on any atom is 0.290 e. The van der Waals surface area contributed by atoms with Crippen molar-refractivity contribution in [2.75, 3.05) is 13.7 Å². The summed E-state index contributed by atoms with van der Waals surface area (Å²) in [6.45, 7) is 1.34. The molecule has 1 fully saturated rings. The lowest BCUT2D eigenvalue weighted by atomic mass is 10.00. The molecule has 6 nitrogen and oxygen atoms in total. The third-order valence-electron chi connectivity index (χ3n) is 3.60. The van der Waals surface area contributed by atoms with E-state index < -0.39 is 0 Å². The van der Waals surface area contributed by atoms with Gasteiger partial charge >= 0.3 is 0 Å². The minimum absolute atomic E-state index is 0.236. The lowest BCUT2D eigenvalue weighted by Crippen LogP contribution is -2.36. The SMILES string of the molecule is CNC(=O)c1nc2n(n1)CCOC21CCCC1. The fraction of sp³-hybridized carbons (Fsp3) is 0.727. The van der Waals surface area contributed by atoms with E-state index >= 15 is 0 Å². The summed E-state index contributed by atoms with van der Waals surface area (Å²) in [5.74, 6) is 0.846. The minimum Gasteiger partial charge on any atom is -0.365 e. The maximum absolute atomic E-state index is 11.5. The summed E-state index contributed by atoms with van der Waals surface area (Å²) in [5.41, 5.74) is -0.280. The molecule has 2 heterocycles. The summed E-state index contributed by atoms with van der Waals surface area (Å²) in [5, 5.41) is 6.81. The monoisotopic (exact) mass is 236 g/mol. The molecule has 1 aromatic heterocycles. The molecule has 1 aliphatic carbocycles. The molecule has 0 aromatic carbocycles. The Morgan fingerprint density at radius 2 is 2.24 bits per heavy atom. The van der Waals surface area contributed by atoms with Gasteiger partial charge in [0, 0.05) is 7.05 Å². The van der Waals surface area contributed by atoms with Gasteiger partial charge in [0.1, 0.15) is 5.60 Å². The number of aromatic nitrogens is 3. The van der Waals surface area contributed by atoms with Gasteiger partial charge in [-0.3, -0.25) is 4.79 Å². The zero-order chi connectivity index (χ0) is 11.9. The summed E-state index contributed by atoms with van der Waals surface area (Å²) in [7, 11) is 1.59. The van der Waals surface area contributed by atoms with E-state index in [0.29, 0.717) is 13.2 Å². The molecule has 0 bridgehead atoms. The van der Waals surface area contributed by atoms with Crippen LogP contribution >= 0.6 is 0 Å². The van der Waals surface area contributed by atoms with Crippen LogP contribution in [0.5, 0.6) is 0 Å². The number of hydrogen-bond acceptors (Lipinski definition) is 4. The molecule has 3 rings (SSSR count). The van der Waals surface area contributed by atoms with Crippen molar-refractivity contribution in [2.24, 2.45) is 0 Å². The van der Waals surface area contributed by atoms with Crippen molar-refractivity contribution in [3.05, 3.63) is 11.6 Å². The van der Waals surface area contributed by atoms with Crippen LogP contribution in [0.25, 0.3) is 0 Å². The second-order valence-electron chi connectivity index (χ2n) is 4.61. The lowest BCUT2D eigenvalue weighted by molar-refractivity contribution is -0.0788. The van der Waals surface area contributed by atoms with Crippen LogP contribution in [0.15, 0.2) is 0 Å². The van der Waals surface area contributed by atoms with Crippen LogP contribution in [-0.4, -0.2) is 34.3 Å². The average molecular weight is 236 g/mol. The van der Waals surface area contributed by atoms with Gasteiger partial charge < -0.3 is 10.1 Å². The molecule has 0 unspecified atom stereocenters. The van der Waals surface area contributed by atoms with Crippen molar-refractivity contribution in [3.8, 4) is 0 Å². The zero-order valence-electron chi connectivity index (χ0n) is 9.90. The molecule has 92 valence electrons. The van der Waals surface area contributed by atoms with Crippen LogP contribution in [0.4, 0.5) is 0 Å². The van der Waals surface area contributed by atoms with Gasteiger partial charge in [0.05, 0.1) is 13.2 Å². The first kappa shape index (κ1) is 10.7. The highest BCUT2D eigenvalue weighted by molar-refractivity contribution is 5.90. The van der Waals surface area contributed by atoms with Crippen LogP contribution in [0.2, 0.25) is 0 Å². The number of nitrogens with zero attached hydrogens (tertiary/aromatic N) is 3. The number of carbonyl (C=O) groups is 1. The molecule has 6 heteroatoms. The lowest BCUT2D eigenvalue weighted by Gasteiger charge is -2.32. The summed E-state index contributed by atoms with van der Waals surface area (Å²) >= 11 is 0. The summed E-state index contributed by atoms with van der Waals surface area (Å²) < 4.78 is 7.76. The molecule has 1 N–H and O–H groups in total. The Kier molecular flexibility index (Phi) is 2.39. The van der Waals surface area contributed by atoms with Crippen LogP contribution in [0, 0.1) is 0 Å². The number of nitrogens with one attached hydrogen (secondary N) is 1. The smallest absolute Gasteiger partial charge is 0.290 e. The number of carbonyl (C=O) groups excluding carboxylic acids is 1. The van der Waals surface area contributed by atoms with Gasteiger partial charge in [-0.2, -0.15) is 0 Å². The van der Waals surface area contributed by atoms with Gasteiger partial charge in [-0.05, 0) is 25.7 Å². The maximum atomic E-state index is 11.5. The Hall–Kier alpha value is -1.43. The average Bonchev–Trinajstić information content (AvgIpc) is 2.96. The fourth-order valence-corrected chi connectivity index (χ4v) is 2.75. The van der Waals surface area contributed by atoms with Crippen LogP contribution in [0.1, 0.15) is 42.1 Å². The van der Waals surface area contributed by atoms with Crippen LogP contribution in [-0.2, 0) is 16.9 Å². The molecule has 0 atom stereocenters. The highest BCUT2D eigenvalue weighted by atomic mass is 16.5. The van der Waals surface area contributed by atoms with E-state index in [0.717, 1.165) is 31.5 Å². The predicted molar refractivity (Wildman–Crippen MR) is 59.5 cm³/mol. The van der Waals surface area contributed by atoms with Gasteiger partial charge in [0.25, 0.3) is 5.91 Å². The molecule has 0 saturated heterocycles. The fourth-order valence-electron chi connectivity index (χ4n) is 2.75. The van der Waals surface area contributed by atoms with Crippen molar-refractivity contribution in [2.45, 2.75) is 37.8 Å². The molecular weight excluding hydrogens is 220 g/mol. The third kappa shape index (κ3) is 1.55. The highest BCUT2D eigenvalue weighted by Gasteiger charge is 2.43. The van der Waals surface area contributed by atoms with E-state index in [-0.39, 0.29) is 17.3 Å². The van der Waals surface area contributed by atoms with E-state index in [9.17, 15) is 4.79 Å². The number of hydrogen-bond donors (Lipinski definition) is 1. The van der Waals surface area contributed by atoms with Crippen molar-refractivity contribution >= 4 is 5.91 Å².